The van der Waals surface area contributed by atoms with E-state index in [1.807, 2.05) is 6.20 Å². The molecule has 0 aromatic carbocycles. The molecule has 2 aliphatic heterocycles. The second kappa shape index (κ2) is 5.91. The summed E-state index contributed by atoms with van der Waals surface area (Å²) in [4.78, 5) is 9.76. The molecule has 3 rings (SSSR count). The lowest BCUT2D eigenvalue weighted by molar-refractivity contribution is 0.207. The molecule has 1 aromatic heterocycles. The maximum Gasteiger partial charge on any atom is 0.128 e. The minimum Gasteiger partial charge on any atom is -0.357 e. The molecular formula is C16H25N3. The van der Waals surface area contributed by atoms with Gasteiger partial charge in [-0.1, -0.05) is 13.0 Å². The highest BCUT2D eigenvalue weighted by molar-refractivity contribution is 5.39. The highest BCUT2D eigenvalue weighted by Crippen LogP contribution is 2.23. The SMILES string of the molecule is CCc1ccc(N2CCC(N3CCCC3)CC2)nc1. The van der Waals surface area contributed by atoms with Gasteiger partial charge < -0.3 is 9.80 Å². The Balaban J connectivity index is 1.56. The van der Waals surface area contributed by atoms with E-state index in [1.165, 1.54) is 57.4 Å². The van der Waals surface area contributed by atoms with Gasteiger partial charge in [0.1, 0.15) is 5.82 Å². The van der Waals surface area contributed by atoms with Crippen molar-refractivity contribution in [2.75, 3.05) is 31.1 Å². The minimum atomic E-state index is 0.827. The number of pyridine rings is 1. The van der Waals surface area contributed by atoms with Crippen molar-refractivity contribution in [2.24, 2.45) is 0 Å². The van der Waals surface area contributed by atoms with Crippen molar-refractivity contribution in [3.63, 3.8) is 0 Å². The highest BCUT2D eigenvalue weighted by atomic mass is 15.2. The first-order valence-corrected chi connectivity index (χ1v) is 7.81. The van der Waals surface area contributed by atoms with Gasteiger partial charge in [-0.15, -0.1) is 0 Å². The molecular weight excluding hydrogens is 234 g/mol. The van der Waals surface area contributed by atoms with Gasteiger partial charge in [-0.05, 0) is 56.8 Å². The molecule has 0 N–H and O–H groups in total. The second-order valence-electron chi connectivity index (χ2n) is 5.84. The van der Waals surface area contributed by atoms with Gasteiger partial charge in [-0.3, -0.25) is 0 Å². The van der Waals surface area contributed by atoms with Crippen LogP contribution >= 0.6 is 0 Å². The van der Waals surface area contributed by atoms with Crippen LogP contribution in [0.1, 0.15) is 38.2 Å². The van der Waals surface area contributed by atoms with E-state index in [0.717, 1.165) is 18.3 Å². The van der Waals surface area contributed by atoms with Gasteiger partial charge in [-0.2, -0.15) is 0 Å². The zero-order valence-electron chi connectivity index (χ0n) is 12.0. The van der Waals surface area contributed by atoms with E-state index in [2.05, 4.69) is 33.8 Å². The second-order valence-corrected chi connectivity index (χ2v) is 5.84. The summed E-state index contributed by atoms with van der Waals surface area (Å²) in [6, 6.07) is 5.23. The van der Waals surface area contributed by atoms with E-state index >= 15 is 0 Å². The number of anilines is 1. The quantitative estimate of drug-likeness (QED) is 0.832. The Morgan fingerprint density at radius 1 is 1.11 bits per heavy atom. The molecule has 19 heavy (non-hydrogen) atoms. The first kappa shape index (κ1) is 12.9. The third-order valence-electron chi connectivity index (χ3n) is 4.66. The number of likely N-dealkylation sites (tertiary alicyclic amines) is 1. The molecule has 0 atom stereocenters. The topological polar surface area (TPSA) is 19.4 Å². The number of nitrogens with zero attached hydrogens (tertiary/aromatic N) is 3. The monoisotopic (exact) mass is 259 g/mol. The van der Waals surface area contributed by atoms with E-state index in [9.17, 15) is 0 Å². The molecule has 3 heteroatoms. The predicted molar refractivity (Wildman–Crippen MR) is 79.7 cm³/mol. The molecule has 2 fully saturated rings. The molecule has 1 aromatic rings. The molecule has 2 saturated heterocycles. The number of hydrogen-bond donors (Lipinski definition) is 0. The number of piperidine rings is 1. The average molecular weight is 259 g/mol. The molecule has 2 aliphatic rings. The van der Waals surface area contributed by atoms with Crippen molar-refractivity contribution in [3.05, 3.63) is 23.9 Å². The fourth-order valence-corrected chi connectivity index (χ4v) is 3.38. The van der Waals surface area contributed by atoms with Gasteiger partial charge in [0.25, 0.3) is 0 Å². The third-order valence-corrected chi connectivity index (χ3v) is 4.66. The minimum absolute atomic E-state index is 0.827. The molecule has 0 amide bonds. The Morgan fingerprint density at radius 2 is 1.84 bits per heavy atom. The summed E-state index contributed by atoms with van der Waals surface area (Å²) in [5.41, 5.74) is 1.33. The molecule has 0 saturated carbocycles. The van der Waals surface area contributed by atoms with Crippen molar-refractivity contribution < 1.29 is 0 Å². The van der Waals surface area contributed by atoms with Crippen LogP contribution in [0.2, 0.25) is 0 Å². The van der Waals surface area contributed by atoms with Crippen molar-refractivity contribution in [1.82, 2.24) is 9.88 Å². The number of aromatic nitrogens is 1. The number of aryl methyl sites for hydroxylation is 1. The zero-order valence-corrected chi connectivity index (χ0v) is 12.0. The molecule has 0 radical (unpaired) electrons. The molecule has 3 heterocycles. The van der Waals surface area contributed by atoms with Crippen LogP contribution in [-0.2, 0) is 6.42 Å². The number of rotatable bonds is 3. The van der Waals surface area contributed by atoms with Crippen molar-refractivity contribution >= 4 is 5.82 Å². The van der Waals surface area contributed by atoms with Gasteiger partial charge in [0.05, 0.1) is 0 Å². The van der Waals surface area contributed by atoms with Gasteiger partial charge >= 0.3 is 0 Å². The average Bonchev–Trinajstić information content (AvgIpc) is 3.02. The lowest BCUT2D eigenvalue weighted by Gasteiger charge is -2.37. The van der Waals surface area contributed by atoms with Crippen molar-refractivity contribution in [2.45, 2.75) is 45.1 Å². The van der Waals surface area contributed by atoms with Crippen LogP contribution in [0.3, 0.4) is 0 Å². The molecule has 0 unspecified atom stereocenters. The lowest BCUT2D eigenvalue weighted by atomic mass is 10.0. The Morgan fingerprint density at radius 3 is 2.42 bits per heavy atom. The molecule has 104 valence electrons. The normalized spacial score (nSPS) is 22.1. The van der Waals surface area contributed by atoms with E-state index < -0.39 is 0 Å². The van der Waals surface area contributed by atoms with Crippen LogP contribution < -0.4 is 4.90 Å². The van der Waals surface area contributed by atoms with Gasteiger partial charge in [-0.25, -0.2) is 4.98 Å². The predicted octanol–water partition coefficient (Wildman–Crippen LogP) is 2.71. The third kappa shape index (κ3) is 2.92. The van der Waals surface area contributed by atoms with E-state index in [1.54, 1.807) is 0 Å². The summed E-state index contributed by atoms with van der Waals surface area (Å²) < 4.78 is 0. The fourth-order valence-electron chi connectivity index (χ4n) is 3.38. The Hall–Kier alpha value is -1.09. The number of hydrogen-bond acceptors (Lipinski definition) is 3. The Labute approximate surface area is 116 Å². The molecule has 0 spiro atoms. The Bertz CT molecular complexity index is 387. The smallest absolute Gasteiger partial charge is 0.128 e. The maximum atomic E-state index is 4.61. The van der Waals surface area contributed by atoms with E-state index in [0.29, 0.717) is 0 Å². The van der Waals surface area contributed by atoms with Crippen LogP contribution in [0.25, 0.3) is 0 Å². The summed E-state index contributed by atoms with van der Waals surface area (Å²) in [7, 11) is 0. The van der Waals surface area contributed by atoms with Crippen LogP contribution in [-0.4, -0.2) is 42.1 Å². The molecule has 0 bridgehead atoms. The summed E-state index contributed by atoms with van der Waals surface area (Å²) >= 11 is 0. The van der Waals surface area contributed by atoms with Crippen LogP contribution in [0.15, 0.2) is 18.3 Å². The van der Waals surface area contributed by atoms with Crippen LogP contribution in [0.4, 0.5) is 5.82 Å². The van der Waals surface area contributed by atoms with Gasteiger partial charge in [0.2, 0.25) is 0 Å². The summed E-state index contributed by atoms with van der Waals surface area (Å²) in [5.74, 6) is 1.16. The zero-order chi connectivity index (χ0) is 13.1. The molecule has 3 nitrogen and oxygen atoms in total. The van der Waals surface area contributed by atoms with Crippen LogP contribution in [0, 0.1) is 0 Å². The van der Waals surface area contributed by atoms with E-state index in [4.69, 9.17) is 0 Å². The standard InChI is InChI=1S/C16H25N3/c1-2-14-5-6-16(17-13-14)19-11-7-15(8-12-19)18-9-3-4-10-18/h5-6,13,15H,2-4,7-12H2,1H3. The van der Waals surface area contributed by atoms with Crippen molar-refractivity contribution in [1.29, 1.82) is 0 Å². The molecule has 0 aliphatic carbocycles. The van der Waals surface area contributed by atoms with Crippen LogP contribution in [0.5, 0.6) is 0 Å². The maximum absolute atomic E-state index is 4.61. The first-order valence-electron chi connectivity index (χ1n) is 7.81. The fraction of sp³-hybridized carbons (Fsp3) is 0.688. The van der Waals surface area contributed by atoms with Gasteiger partial charge in [0.15, 0.2) is 0 Å². The lowest BCUT2D eigenvalue weighted by Crippen LogP contribution is -2.44. The van der Waals surface area contributed by atoms with Crippen molar-refractivity contribution in [3.8, 4) is 0 Å². The highest BCUT2D eigenvalue weighted by Gasteiger charge is 2.26. The Kier molecular flexibility index (Phi) is 4.02. The van der Waals surface area contributed by atoms with E-state index in [-0.39, 0.29) is 0 Å². The summed E-state index contributed by atoms with van der Waals surface area (Å²) in [5, 5.41) is 0. The summed E-state index contributed by atoms with van der Waals surface area (Å²) in [6.45, 7) is 7.17. The summed E-state index contributed by atoms with van der Waals surface area (Å²) in [6.07, 6.45) is 8.52. The van der Waals surface area contributed by atoms with Gasteiger partial charge in [0, 0.05) is 25.3 Å². The largest absolute Gasteiger partial charge is 0.357 e. The first-order chi connectivity index (χ1) is 9.36.